The average Bonchev–Trinajstić information content (AvgIpc) is 2.73. The van der Waals surface area contributed by atoms with Gasteiger partial charge < -0.3 is 9.84 Å². The van der Waals surface area contributed by atoms with Crippen molar-refractivity contribution in [1.29, 1.82) is 0 Å². The van der Waals surface area contributed by atoms with Crippen molar-refractivity contribution in [3.8, 4) is 5.75 Å². The molecule has 0 saturated carbocycles. The van der Waals surface area contributed by atoms with Crippen LogP contribution in [0.3, 0.4) is 0 Å². The predicted molar refractivity (Wildman–Crippen MR) is 99.4 cm³/mol. The SMILES string of the molecule is Cc1cc(OCC2(O)CCCN(S(=O)(=O)N(C)C)CC2)cc(C)c1Cl. The summed E-state index contributed by atoms with van der Waals surface area (Å²) in [4.78, 5) is 0. The van der Waals surface area contributed by atoms with E-state index in [9.17, 15) is 13.5 Å². The number of ether oxygens (including phenoxy) is 1. The van der Waals surface area contributed by atoms with Gasteiger partial charge in [-0.15, -0.1) is 0 Å². The van der Waals surface area contributed by atoms with Crippen LogP contribution in [-0.2, 0) is 10.2 Å². The molecule has 25 heavy (non-hydrogen) atoms. The van der Waals surface area contributed by atoms with E-state index in [2.05, 4.69) is 0 Å². The summed E-state index contributed by atoms with van der Waals surface area (Å²) in [6, 6.07) is 3.69. The molecular weight excluding hydrogens is 364 g/mol. The van der Waals surface area contributed by atoms with Crippen LogP contribution < -0.4 is 4.74 Å². The first-order chi connectivity index (χ1) is 11.5. The summed E-state index contributed by atoms with van der Waals surface area (Å²) in [6.45, 7) is 4.63. The van der Waals surface area contributed by atoms with E-state index in [4.69, 9.17) is 16.3 Å². The van der Waals surface area contributed by atoms with Gasteiger partial charge in [-0.3, -0.25) is 0 Å². The summed E-state index contributed by atoms with van der Waals surface area (Å²) >= 11 is 6.16. The molecule has 1 unspecified atom stereocenters. The standard InChI is InChI=1S/C17H27ClN2O4S/c1-13-10-15(11-14(2)16(13)18)24-12-17(21)6-5-8-20(9-7-17)25(22,23)19(3)4/h10-11,21H,5-9,12H2,1-4H3. The van der Waals surface area contributed by atoms with Crippen LogP contribution in [0.25, 0.3) is 0 Å². The number of nitrogens with zero attached hydrogens (tertiary/aromatic N) is 2. The number of benzene rings is 1. The monoisotopic (exact) mass is 390 g/mol. The maximum Gasteiger partial charge on any atom is 0.281 e. The fourth-order valence-electron chi connectivity index (χ4n) is 2.97. The van der Waals surface area contributed by atoms with Crippen molar-refractivity contribution in [3.63, 3.8) is 0 Å². The molecule has 8 heteroatoms. The third-order valence-corrected chi connectivity index (χ3v) is 7.12. The first-order valence-corrected chi connectivity index (χ1v) is 10.1. The van der Waals surface area contributed by atoms with E-state index in [0.717, 1.165) is 11.1 Å². The summed E-state index contributed by atoms with van der Waals surface area (Å²) in [6.07, 6.45) is 1.43. The van der Waals surface area contributed by atoms with Crippen molar-refractivity contribution in [1.82, 2.24) is 8.61 Å². The van der Waals surface area contributed by atoms with Crippen LogP contribution in [0.5, 0.6) is 5.75 Å². The number of aryl methyl sites for hydroxylation is 2. The molecular formula is C17H27ClN2O4S. The molecule has 1 aromatic rings. The van der Waals surface area contributed by atoms with E-state index in [1.165, 1.54) is 22.7 Å². The fourth-order valence-corrected chi connectivity index (χ4v) is 4.22. The maximum atomic E-state index is 12.3. The lowest BCUT2D eigenvalue weighted by Gasteiger charge is -2.27. The van der Waals surface area contributed by atoms with Crippen molar-refractivity contribution >= 4 is 21.8 Å². The molecule has 1 heterocycles. The largest absolute Gasteiger partial charge is 0.491 e. The van der Waals surface area contributed by atoms with Crippen LogP contribution in [0.4, 0.5) is 0 Å². The minimum Gasteiger partial charge on any atom is -0.491 e. The Hall–Kier alpha value is -0.860. The first kappa shape index (κ1) is 20.5. The van der Waals surface area contributed by atoms with E-state index in [0.29, 0.717) is 36.6 Å². The molecule has 1 aliphatic heterocycles. The van der Waals surface area contributed by atoms with Crippen molar-refractivity contribution in [2.45, 2.75) is 38.7 Å². The van der Waals surface area contributed by atoms with Gasteiger partial charge in [0.05, 0.1) is 5.60 Å². The second-order valence-corrected chi connectivity index (χ2v) is 9.45. The zero-order valence-electron chi connectivity index (χ0n) is 15.2. The van der Waals surface area contributed by atoms with Gasteiger partial charge in [-0.25, -0.2) is 0 Å². The highest BCUT2D eigenvalue weighted by atomic mass is 35.5. The van der Waals surface area contributed by atoms with Crippen molar-refractivity contribution < 1.29 is 18.3 Å². The Morgan fingerprint density at radius 1 is 1.24 bits per heavy atom. The van der Waals surface area contributed by atoms with Gasteiger partial charge in [0.25, 0.3) is 10.2 Å². The molecule has 0 radical (unpaired) electrons. The number of rotatable bonds is 5. The molecule has 142 valence electrons. The minimum absolute atomic E-state index is 0.128. The van der Waals surface area contributed by atoms with Gasteiger partial charge in [-0.1, -0.05) is 11.6 Å². The Bertz CT molecular complexity index is 700. The van der Waals surface area contributed by atoms with Crippen LogP contribution in [0.2, 0.25) is 5.02 Å². The van der Waals surface area contributed by atoms with Crippen LogP contribution in [0, 0.1) is 13.8 Å². The van der Waals surface area contributed by atoms with E-state index in [1.807, 2.05) is 26.0 Å². The van der Waals surface area contributed by atoms with Gasteiger partial charge in [0, 0.05) is 32.2 Å². The molecule has 1 fully saturated rings. The Labute approximate surface area is 155 Å². The Kier molecular flexibility index (Phi) is 6.38. The Morgan fingerprint density at radius 3 is 2.40 bits per heavy atom. The summed E-state index contributed by atoms with van der Waals surface area (Å²) in [5.41, 5.74) is 0.804. The Balaban J connectivity index is 2.03. The molecule has 0 aliphatic carbocycles. The first-order valence-electron chi connectivity index (χ1n) is 8.35. The molecule has 1 aromatic carbocycles. The second kappa shape index (κ2) is 7.80. The molecule has 1 atom stereocenters. The summed E-state index contributed by atoms with van der Waals surface area (Å²) in [5, 5.41) is 11.6. The lowest BCUT2D eigenvalue weighted by atomic mass is 9.96. The quantitative estimate of drug-likeness (QED) is 0.837. The fraction of sp³-hybridized carbons (Fsp3) is 0.647. The molecule has 2 rings (SSSR count). The zero-order chi connectivity index (χ0) is 18.8. The van der Waals surface area contributed by atoms with E-state index in [-0.39, 0.29) is 13.2 Å². The smallest absolute Gasteiger partial charge is 0.281 e. The minimum atomic E-state index is -3.46. The van der Waals surface area contributed by atoms with E-state index >= 15 is 0 Å². The number of hydrogen-bond donors (Lipinski definition) is 1. The molecule has 1 saturated heterocycles. The van der Waals surface area contributed by atoms with Crippen LogP contribution >= 0.6 is 11.6 Å². The lowest BCUT2D eigenvalue weighted by molar-refractivity contribution is -0.0156. The molecule has 6 nitrogen and oxygen atoms in total. The third kappa shape index (κ3) is 4.86. The Morgan fingerprint density at radius 2 is 1.84 bits per heavy atom. The highest BCUT2D eigenvalue weighted by molar-refractivity contribution is 7.86. The van der Waals surface area contributed by atoms with Gasteiger partial charge in [0.1, 0.15) is 12.4 Å². The van der Waals surface area contributed by atoms with Crippen LogP contribution in [0.1, 0.15) is 30.4 Å². The molecule has 0 spiro atoms. The van der Waals surface area contributed by atoms with Crippen LogP contribution in [-0.4, -0.2) is 61.5 Å². The topological polar surface area (TPSA) is 70.1 Å². The molecule has 1 aliphatic rings. The second-order valence-electron chi connectivity index (χ2n) is 6.93. The average molecular weight is 391 g/mol. The van der Waals surface area contributed by atoms with Gasteiger partial charge in [0.2, 0.25) is 0 Å². The van der Waals surface area contributed by atoms with Crippen LogP contribution in [0.15, 0.2) is 12.1 Å². The number of hydrogen-bond acceptors (Lipinski definition) is 4. The third-order valence-electron chi connectivity index (χ3n) is 4.58. The summed E-state index contributed by atoms with van der Waals surface area (Å²) in [5.74, 6) is 0.662. The van der Waals surface area contributed by atoms with E-state index < -0.39 is 15.8 Å². The highest BCUT2D eigenvalue weighted by Crippen LogP contribution is 2.29. The normalized spacial score (nSPS) is 22.8. The highest BCUT2D eigenvalue weighted by Gasteiger charge is 2.35. The molecule has 0 bridgehead atoms. The number of halogens is 1. The van der Waals surface area contributed by atoms with Crippen molar-refractivity contribution in [2.75, 3.05) is 33.8 Å². The van der Waals surface area contributed by atoms with Crippen molar-refractivity contribution in [2.24, 2.45) is 0 Å². The molecule has 0 amide bonds. The van der Waals surface area contributed by atoms with Gasteiger partial charge in [0.15, 0.2) is 0 Å². The summed E-state index contributed by atoms with van der Waals surface area (Å²) in [7, 11) is -0.427. The van der Waals surface area contributed by atoms with Gasteiger partial charge in [-0.05, 0) is 56.4 Å². The number of aliphatic hydroxyl groups is 1. The zero-order valence-corrected chi connectivity index (χ0v) is 16.8. The maximum absolute atomic E-state index is 12.3. The van der Waals surface area contributed by atoms with Crippen molar-refractivity contribution in [3.05, 3.63) is 28.3 Å². The molecule has 0 aromatic heterocycles. The molecule has 1 N–H and O–H groups in total. The van der Waals surface area contributed by atoms with E-state index in [1.54, 1.807) is 0 Å². The summed E-state index contributed by atoms with van der Waals surface area (Å²) < 4.78 is 32.9. The predicted octanol–water partition coefficient (Wildman–Crippen LogP) is 2.36. The lowest BCUT2D eigenvalue weighted by Crippen LogP contribution is -2.42. The van der Waals surface area contributed by atoms with Gasteiger partial charge in [-0.2, -0.15) is 17.0 Å². The van der Waals surface area contributed by atoms with Gasteiger partial charge >= 0.3 is 0 Å².